The van der Waals surface area contributed by atoms with Gasteiger partial charge in [0.2, 0.25) is 0 Å². The topological polar surface area (TPSA) is 12.0 Å². The molecule has 1 aromatic rings. The molecule has 1 aliphatic carbocycles. The minimum absolute atomic E-state index is 0.0849. The molecular formula is C19H30FN. The molecule has 0 aromatic heterocycles. The summed E-state index contributed by atoms with van der Waals surface area (Å²) in [6.45, 7) is 6.24. The molecule has 0 bridgehead atoms. The van der Waals surface area contributed by atoms with Gasteiger partial charge in [0, 0.05) is 0 Å². The zero-order valence-corrected chi connectivity index (χ0v) is 13.7. The Bertz CT molecular complexity index is 435. The maximum atomic E-state index is 13.4. The van der Waals surface area contributed by atoms with Gasteiger partial charge in [-0.3, -0.25) is 0 Å². The molecular weight excluding hydrogens is 261 g/mol. The molecule has 0 amide bonds. The molecule has 0 aliphatic heterocycles. The molecule has 0 radical (unpaired) electrons. The molecule has 1 aromatic carbocycles. The smallest absolute Gasteiger partial charge is 0.126 e. The van der Waals surface area contributed by atoms with E-state index in [1.54, 1.807) is 6.07 Å². The molecule has 21 heavy (non-hydrogen) atoms. The van der Waals surface area contributed by atoms with Gasteiger partial charge in [0.15, 0.2) is 0 Å². The average molecular weight is 291 g/mol. The lowest BCUT2D eigenvalue weighted by Gasteiger charge is -2.38. The van der Waals surface area contributed by atoms with Crippen LogP contribution in [-0.2, 0) is 6.42 Å². The van der Waals surface area contributed by atoms with E-state index in [0.717, 1.165) is 25.1 Å². The maximum Gasteiger partial charge on any atom is 0.126 e. The Labute approximate surface area is 129 Å². The van der Waals surface area contributed by atoms with Crippen LogP contribution in [0.1, 0.15) is 63.0 Å². The van der Waals surface area contributed by atoms with Crippen LogP contribution in [0.2, 0.25) is 0 Å². The quantitative estimate of drug-likeness (QED) is 0.696. The van der Waals surface area contributed by atoms with Gasteiger partial charge in [-0.1, -0.05) is 38.3 Å². The molecule has 2 heteroatoms. The van der Waals surface area contributed by atoms with E-state index in [4.69, 9.17) is 0 Å². The third kappa shape index (κ3) is 4.81. The Hall–Kier alpha value is -0.890. The van der Waals surface area contributed by atoms with Gasteiger partial charge in [0.1, 0.15) is 5.82 Å². The minimum atomic E-state index is -0.0849. The standard InChI is InChI=1S/C19H30FN/c1-3-21-14-13-19(10-5-4-6-11-19)12-9-17-7-8-18(20)16(2)15-17/h7-8,15,21H,3-6,9-14H2,1-2H3. The lowest BCUT2D eigenvalue weighted by Crippen LogP contribution is -2.30. The van der Waals surface area contributed by atoms with Crippen molar-refractivity contribution in [1.29, 1.82) is 0 Å². The van der Waals surface area contributed by atoms with Crippen molar-refractivity contribution >= 4 is 0 Å². The van der Waals surface area contributed by atoms with Gasteiger partial charge in [0.05, 0.1) is 0 Å². The van der Waals surface area contributed by atoms with Crippen LogP contribution >= 0.6 is 0 Å². The van der Waals surface area contributed by atoms with Crippen molar-refractivity contribution < 1.29 is 4.39 Å². The van der Waals surface area contributed by atoms with E-state index < -0.39 is 0 Å². The lowest BCUT2D eigenvalue weighted by molar-refractivity contribution is 0.157. The van der Waals surface area contributed by atoms with Gasteiger partial charge >= 0.3 is 0 Å². The molecule has 1 saturated carbocycles. The second-order valence-electron chi connectivity index (χ2n) is 6.75. The first-order valence-corrected chi connectivity index (χ1v) is 8.61. The number of halogens is 1. The van der Waals surface area contributed by atoms with Crippen LogP contribution in [0.25, 0.3) is 0 Å². The Morgan fingerprint density at radius 3 is 2.57 bits per heavy atom. The largest absolute Gasteiger partial charge is 0.317 e. The van der Waals surface area contributed by atoms with Crippen LogP contribution in [0.15, 0.2) is 18.2 Å². The number of hydrogen-bond donors (Lipinski definition) is 1. The van der Waals surface area contributed by atoms with Crippen molar-refractivity contribution in [1.82, 2.24) is 5.32 Å². The third-order valence-electron chi connectivity index (χ3n) is 5.16. The van der Waals surface area contributed by atoms with Crippen LogP contribution < -0.4 is 5.32 Å². The molecule has 1 nitrogen and oxygen atoms in total. The Balaban J connectivity index is 1.95. The van der Waals surface area contributed by atoms with E-state index in [0.29, 0.717) is 5.41 Å². The van der Waals surface area contributed by atoms with Crippen molar-refractivity contribution in [2.45, 2.75) is 65.2 Å². The van der Waals surface area contributed by atoms with Gasteiger partial charge < -0.3 is 5.32 Å². The van der Waals surface area contributed by atoms with E-state index in [9.17, 15) is 4.39 Å². The molecule has 0 atom stereocenters. The van der Waals surface area contributed by atoms with E-state index in [1.165, 1.54) is 50.5 Å². The lowest BCUT2D eigenvalue weighted by atomic mass is 9.68. The van der Waals surface area contributed by atoms with Crippen molar-refractivity contribution in [2.24, 2.45) is 5.41 Å². The molecule has 1 fully saturated rings. The van der Waals surface area contributed by atoms with Gasteiger partial charge in [-0.25, -0.2) is 4.39 Å². The number of nitrogens with one attached hydrogen (secondary N) is 1. The van der Waals surface area contributed by atoms with Crippen molar-refractivity contribution in [3.05, 3.63) is 35.1 Å². The van der Waals surface area contributed by atoms with Crippen LogP contribution in [0.3, 0.4) is 0 Å². The van der Waals surface area contributed by atoms with E-state index >= 15 is 0 Å². The van der Waals surface area contributed by atoms with Gasteiger partial charge in [0.25, 0.3) is 0 Å². The number of aryl methyl sites for hydroxylation is 2. The van der Waals surface area contributed by atoms with E-state index in [1.807, 2.05) is 19.1 Å². The minimum Gasteiger partial charge on any atom is -0.317 e. The molecule has 1 N–H and O–H groups in total. The molecule has 118 valence electrons. The van der Waals surface area contributed by atoms with Crippen molar-refractivity contribution in [3.63, 3.8) is 0 Å². The van der Waals surface area contributed by atoms with Crippen LogP contribution in [0, 0.1) is 18.2 Å². The van der Waals surface area contributed by atoms with Gasteiger partial charge in [-0.15, -0.1) is 0 Å². The number of benzene rings is 1. The number of rotatable bonds is 7. The molecule has 0 saturated heterocycles. The summed E-state index contributed by atoms with van der Waals surface area (Å²) in [5, 5.41) is 3.49. The second kappa shape index (κ2) is 7.93. The van der Waals surface area contributed by atoms with Crippen LogP contribution in [-0.4, -0.2) is 13.1 Å². The first-order chi connectivity index (χ1) is 10.2. The first-order valence-electron chi connectivity index (χ1n) is 8.61. The maximum absolute atomic E-state index is 13.4. The van der Waals surface area contributed by atoms with Crippen molar-refractivity contribution in [3.8, 4) is 0 Å². The van der Waals surface area contributed by atoms with Crippen molar-refractivity contribution in [2.75, 3.05) is 13.1 Å². The Morgan fingerprint density at radius 1 is 1.14 bits per heavy atom. The monoisotopic (exact) mass is 291 g/mol. The zero-order valence-electron chi connectivity index (χ0n) is 13.7. The fraction of sp³-hybridized carbons (Fsp3) is 0.684. The van der Waals surface area contributed by atoms with E-state index in [2.05, 4.69) is 12.2 Å². The summed E-state index contributed by atoms with van der Waals surface area (Å²) < 4.78 is 13.4. The molecule has 2 rings (SSSR count). The zero-order chi connectivity index (χ0) is 15.1. The fourth-order valence-corrected chi connectivity index (χ4v) is 3.73. The van der Waals surface area contributed by atoms with Gasteiger partial charge in [-0.2, -0.15) is 0 Å². The third-order valence-corrected chi connectivity index (χ3v) is 5.16. The number of hydrogen-bond acceptors (Lipinski definition) is 1. The summed E-state index contributed by atoms with van der Waals surface area (Å²) >= 11 is 0. The SMILES string of the molecule is CCNCCC1(CCc2ccc(F)c(C)c2)CCCCC1. The molecule has 1 aliphatic rings. The van der Waals surface area contributed by atoms with Gasteiger partial charge in [-0.05, 0) is 74.7 Å². The predicted molar refractivity (Wildman–Crippen MR) is 88.1 cm³/mol. The highest BCUT2D eigenvalue weighted by molar-refractivity contribution is 5.24. The highest BCUT2D eigenvalue weighted by Crippen LogP contribution is 2.42. The first kappa shape index (κ1) is 16.5. The summed E-state index contributed by atoms with van der Waals surface area (Å²) in [5.41, 5.74) is 2.59. The molecule has 0 unspecified atom stereocenters. The Morgan fingerprint density at radius 2 is 1.90 bits per heavy atom. The highest BCUT2D eigenvalue weighted by atomic mass is 19.1. The summed E-state index contributed by atoms with van der Waals surface area (Å²) in [4.78, 5) is 0. The highest BCUT2D eigenvalue weighted by Gasteiger charge is 2.30. The molecule has 0 heterocycles. The van der Waals surface area contributed by atoms with E-state index in [-0.39, 0.29) is 5.82 Å². The predicted octanol–water partition coefficient (Wildman–Crippen LogP) is 5.02. The second-order valence-corrected chi connectivity index (χ2v) is 6.75. The average Bonchev–Trinajstić information content (AvgIpc) is 2.50. The summed E-state index contributed by atoms with van der Waals surface area (Å²) in [5.74, 6) is -0.0849. The Kier molecular flexibility index (Phi) is 6.22. The van der Waals surface area contributed by atoms with Crippen LogP contribution in [0.5, 0.6) is 0 Å². The summed E-state index contributed by atoms with van der Waals surface area (Å²) in [7, 11) is 0. The fourth-order valence-electron chi connectivity index (χ4n) is 3.73. The normalized spacial score (nSPS) is 17.9. The molecule has 0 spiro atoms. The summed E-state index contributed by atoms with van der Waals surface area (Å²) in [6.07, 6.45) is 10.6. The van der Waals surface area contributed by atoms with Crippen LogP contribution in [0.4, 0.5) is 4.39 Å². The summed E-state index contributed by atoms with van der Waals surface area (Å²) in [6, 6.07) is 5.61.